The van der Waals surface area contributed by atoms with E-state index in [1.165, 1.54) is 0 Å². The van der Waals surface area contributed by atoms with Crippen LogP contribution in [0.5, 0.6) is 5.75 Å². The maximum absolute atomic E-state index is 10.8. The molecule has 1 rings (SSSR count). The smallest absolute Gasteiger partial charge is 0.341 e. The van der Waals surface area contributed by atoms with E-state index in [1.807, 2.05) is 0 Å². The van der Waals surface area contributed by atoms with Crippen LogP contribution in [-0.2, 0) is 15.9 Å². The molecule has 0 aliphatic heterocycles. The van der Waals surface area contributed by atoms with Gasteiger partial charge in [0.2, 0.25) is 0 Å². The summed E-state index contributed by atoms with van der Waals surface area (Å²) in [7, 11) is 0. The average molecular weight is 259 g/mol. The van der Waals surface area contributed by atoms with Gasteiger partial charge >= 0.3 is 11.9 Å². The number of benzene rings is 1. The predicted octanol–water partition coefficient (Wildman–Crippen LogP) is 0.0862. The number of aliphatic carboxylic acids is 1. The number of aromatic carboxylic acids is 1. The number of ether oxygens (including phenoxy) is 1. The van der Waals surface area contributed by atoms with Crippen LogP contribution in [0.2, 0.25) is 0 Å². The molecule has 7 nitrogen and oxygen atoms in total. The van der Waals surface area contributed by atoms with Crippen LogP contribution >= 0.6 is 0 Å². The van der Waals surface area contributed by atoms with Gasteiger partial charge < -0.3 is 19.5 Å². The van der Waals surface area contributed by atoms with Crippen molar-refractivity contribution >= 4 is 23.0 Å². The molecule has 17 heavy (non-hydrogen) atoms. The van der Waals surface area contributed by atoms with Crippen LogP contribution in [0.3, 0.4) is 0 Å². The van der Waals surface area contributed by atoms with Gasteiger partial charge in [-0.05, 0) is 29.3 Å². The van der Waals surface area contributed by atoms with Crippen molar-refractivity contribution in [3.05, 3.63) is 23.8 Å². The third-order valence-electron chi connectivity index (χ3n) is 1.73. The topological polar surface area (TPSA) is 124 Å². The van der Waals surface area contributed by atoms with Crippen LogP contribution in [-0.4, -0.2) is 37.5 Å². The van der Waals surface area contributed by atoms with Crippen molar-refractivity contribution in [3.8, 4) is 5.75 Å². The highest BCUT2D eigenvalue weighted by Gasteiger charge is 2.13. The van der Waals surface area contributed by atoms with Gasteiger partial charge in [0, 0.05) is 4.90 Å². The second kappa shape index (κ2) is 5.41. The van der Waals surface area contributed by atoms with Gasteiger partial charge in [0.25, 0.3) is 0 Å². The fraction of sp³-hybridized carbons (Fsp3) is 0.111. The van der Waals surface area contributed by atoms with Crippen LogP contribution in [0.1, 0.15) is 10.4 Å². The Labute approximate surface area is 97.9 Å². The molecule has 0 bridgehead atoms. The van der Waals surface area contributed by atoms with Gasteiger partial charge in [-0.3, -0.25) is 4.21 Å². The molecule has 0 heterocycles. The Morgan fingerprint density at radius 1 is 1.35 bits per heavy atom. The van der Waals surface area contributed by atoms with Crippen molar-refractivity contribution < 1.29 is 33.3 Å². The van der Waals surface area contributed by atoms with E-state index in [1.54, 1.807) is 0 Å². The van der Waals surface area contributed by atoms with Crippen molar-refractivity contribution in [3.63, 3.8) is 0 Å². The third kappa shape index (κ3) is 3.54. The van der Waals surface area contributed by atoms with Crippen LogP contribution in [0.4, 0.5) is 0 Å². The van der Waals surface area contributed by atoms with Crippen molar-refractivity contribution in [1.29, 1.82) is 0 Å². The lowest BCUT2D eigenvalue weighted by molar-refractivity contribution is -0.139. The lowest BCUT2D eigenvalue weighted by Crippen LogP contribution is -2.12. The summed E-state index contributed by atoms with van der Waals surface area (Å²) in [5, 5.41) is 17.2. The summed E-state index contributed by atoms with van der Waals surface area (Å²) >= 11 is -2.56. The van der Waals surface area contributed by atoms with Gasteiger partial charge in [-0.25, -0.2) is 9.59 Å². The molecular weight excluding hydrogens is 252 g/mol. The SMILES string of the molecule is O=C(O)COc1ccc(S(=O)[O-])cc1C(=O)O. The Kier molecular flexibility index (Phi) is 4.18. The van der Waals surface area contributed by atoms with Crippen LogP contribution in [0.25, 0.3) is 0 Å². The summed E-state index contributed by atoms with van der Waals surface area (Å²) in [5.41, 5.74) is -0.409. The Bertz CT molecular complexity index is 482. The number of hydrogen-bond donors (Lipinski definition) is 2. The van der Waals surface area contributed by atoms with E-state index >= 15 is 0 Å². The summed E-state index contributed by atoms with van der Waals surface area (Å²) in [6, 6.07) is 3.10. The summed E-state index contributed by atoms with van der Waals surface area (Å²) in [5.74, 6) is -2.87. The maximum atomic E-state index is 10.8. The largest absolute Gasteiger partial charge is 0.768 e. The fourth-order valence-electron chi connectivity index (χ4n) is 1.05. The fourth-order valence-corrected chi connectivity index (χ4v) is 1.44. The first-order chi connectivity index (χ1) is 7.91. The zero-order valence-corrected chi connectivity index (χ0v) is 9.10. The molecule has 0 amide bonds. The lowest BCUT2D eigenvalue weighted by atomic mass is 10.2. The van der Waals surface area contributed by atoms with Gasteiger partial charge in [-0.1, -0.05) is 0 Å². The number of carboxylic acid groups (broad SMARTS) is 2. The predicted molar refractivity (Wildman–Crippen MR) is 53.7 cm³/mol. The van der Waals surface area contributed by atoms with E-state index < -0.39 is 35.2 Å². The number of carboxylic acids is 2. The highest BCUT2D eigenvalue weighted by molar-refractivity contribution is 7.79. The van der Waals surface area contributed by atoms with E-state index in [0.29, 0.717) is 0 Å². The van der Waals surface area contributed by atoms with Crippen molar-refractivity contribution in [1.82, 2.24) is 0 Å². The van der Waals surface area contributed by atoms with E-state index in [9.17, 15) is 18.4 Å². The quantitative estimate of drug-likeness (QED) is 0.717. The highest BCUT2D eigenvalue weighted by atomic mass is 32.2. The molecular formula is C9H7O7S-. The monoisotopic (exact) mass is 259 g/mol. The van der Waals surface area contributed by atoms with E-state index in [2.05, 4.69) is 0 Å². The first-order valence-corrected chi connectivity index (χ1v) is 5.30. The lowest BCUT2D eigenvalue weighted by Gasteiger charge is -2.10. The van der Waals surface area contributed by atoms with Crippen LogP contribution < -0.4 is 4.74 Å². The van der Waals surface area contributed by atoms with Gasteiger partial charge in [-0.15, -0.1) is 0 Å². The maximum Gasteiger partial charge on any atom is 0.341 e. The van der Waals surface area contributed by atoms with E-state index in [-0.39, 0.29) is 10.6 Å². The van der Waals surface area contributed by atoms with Crippen LogP contribution in [0, 0.1) is 0 Å². The zero-order valence-electron chi connectivity index (χ0n) is 8.28. The molecule has 0 aliphatic rings. The summed E-state index contributed by atoms with van der Waals surface area (Å²) in [6.07, 6.45) is 0. The van der Waals surface area contributed by atoms with E-state index in [4.69, 9.17) is 14.9 Å². The summed E-state index contributed by atoms with van der Waals surface area (Å²) < 4.78 is 26.0. The normalized spacial score (nSPS) is 11.8. The first-order valence-electron chi connectivity index (χ1n) is 4.23. The molecule has 1 aromatic carbocycles. The van der Waals surface area contributed by atoms with Crippen molar-refractivity contribution in [2.45, 2.75) is 4.90 Å². The molecule has 0 fully saturated rings. The van der Waals surface area contributed by atoms with Crippen molar-refractivity contribution in [2.75, 3.05) is 6.61 Å². The summed E-state index contributed by atoms with van der Waals surface area (Å²) in [4.78, 5) is 20.9. The van der Waals surface area contributed by atoms with Gasteiger partial charge in [-0.2, -0.15) is 0 Å². The molecule has 0 spiro atoms. The molecule has 0 aliphatic carbocycles. The number of carbonyl (C=O) groups is 2. The average Bonchev–Trinajstić information content (AvgIpc) is 2.25. The zero-order chi connectivity index (χ0) is 13.0. The highest BCUT2D eigenvalue weighted by Crippen LogP contribution is 2.21. The van der Waals surface area contributed by atoms with Crippen LogP contribution in [0.15, 0.2) is 23.1 Å². The van der Waals surface area contributed by atoms with Crippen molar-refractivity contribution in [2.24, 2.45) is 0 Å². The molecule has 92 valence electrons. The minimum atomic E-state index is -2.56. The first kappa shape index (κ1) is 13.1. The Hall–Kier alpha value is -1.93. The Morgan fingerprint density at radius 3 is 2.47 bits per heavy atom. The molecule has 1 atom stereocenters. The Balaban J connectivity index is 3.08. The molecule has 1 aromatic rings. The second-order valence-electron chi connectivity index (χ2n) is 2.88. The standard InChI is InChI=1S/C9H8O7S/c10-8(11)4-16-7-2-1-5(17(14)15)3-6(7)9(12)13/h1-3H,4H2,(H,10,11)(H,12,13)(H,14,15)/p-1. The van der Waals surface area contributed by atoms with E-state index in [0.717, 1.165) is 18.2 Å². The number of hydrogen-bond acceptors (Lipinski definition) is 5. The molecule has 0 aromatic heterocycles. The Morgan fingerprint density at radius 2 is 2.00 bits per heavy atom. The van der Waals surface area contributed by atoms with Gasteiger partial charge in [0.15, 0.2) is 6.61 Å². The number of rotatable bonds is 5. The minimum Gasteiger partial charge on any atom is -0.768 e. The molecule has 8 heteroatoms. The molecule has 0 saturated heterocycles. The van der Waals surface area contributed by atoms with Gasteiger partial charge in [0.05, 0.1) is 0 Å². The molecule has 2 N–H and O–H groups in total. The molecule has 0 radical (unpaired) electrons. The third-order valence-corrected chi connectivity index (χ3v) is 2.36. The van der Waals surface area contributed by atoms with Gasteiger partial charge in [0.1, 0.15) is 11.3 Å². The second-order valence-corrected chi connectivity index (χ2v) is 3.82. The molecule has 1 unspecified atom stereocenters. The summed E-state index contributed by atoms with van der Waals surface area (Å²) in [6.45, 7) is -0.708. The molecule has 0 saturated carbocycles. The minimum absolute atomic E-state index is 0.200.